The van der Waals surface area contributed by atoms with Crippen LogP contribution in [0.25, 0.3) is 0 Å². The summed E-state index contributed by atoms with van der Waals surface area (Å²) in [7, 11) is 1.97. The number of nitrogens with zero attached hydrogens (tertiary/aromatic N) is 3. The molecule has 0 saturated carbocycles. The molecule has 1 aromatic carbocycles. The molecule has 0 aliphatic carbocycles. The fraction of sp³-hybridized carbons (Fsp3) is 0.632. The lowest BCUT2D eigenvalue weighted by atomic mass is 9.99. The molecular weight excluding hydrogens is 302 g/mol. The van der Waals surface area contributed by atoms with Gasteiger partial charge in [0.2, 0.25) is 5.91 Å². The molecule has 132 valence electrons. The zero-order valence-corrected chi connectivity index (χ0v) is 14.6. The Balaban J connectivity index is 1.46. The summed E-state index contributed by atoms with van der Waals surface area (Å²) in [6, 6.07) is 10.6. The summed E-state index contributed by atoms with van der Waals surface area (Å²) in [5.74, 6) is 0.207. The molecule has 5 heteroatoms. The second-order valence-corrected chi connectivity index (χ2v) is 7.09. The molecule has 0 spiro atoms. The van der Waals surface area contributed by atoms with Crippen LogP contribution < -0.4 is 4.90 Å². The molecule has 2 aliphatic heterocycles. The Hall–Kier alpha value is -1.59. The van der Waals surface area contributed by atoms with E-state index in [0.717, 1.165) is 57.5 Å². The van der Waals surface area contributed by atoms with Crippen molar-refractivity contribution in [2.75, 3.05) is 44.7 Å². The van der Waals surface area contributed by atoms with Crippen molar-refractivity contribution in [2.45, 2.75) is 37.8 Å². The molecule has 24 heavy (non-hydrogen) atoms. The number of aliphatic hydroxyl groups excluding tert-OH is 1. The van der Waals surface area contributed by atoms with E-state index < -0.39 is 0 Å². The monoisotopic (exact) mass is 331 g/mol. The highest BCUT2D eigenvalue weighted by Gasteiger charge is 2.29. The number of likely N-dealkylation sites (N-methyl/N-ethyl adjacent to an activating group) is 1. The maximum atomic E-state index is 12.5. The highest BCUT2D eigenvalue weighted by atomic mass is 16.3. The highest BCUT2D eigenvalue weighted by Crippen LogP contribution is 2.21. The Morgan fingerprint density at radius 3 is 2.54 bits per heavy atom. The van der Waals surface area contributed by atoms with Crippen molar-refractivity contribution < 1.29 is 9.90 Å². The molecule has 2 aliphatic rings. The molecule has 1 amide bonds. The normalized spacial score (nSPS) is 23.2. The van der Waals surface area contributed by atoms with Crippen LogP contribution in [-0.4, -0.2) is 72.7 Å². The summed E-state index contributed by atoms with van der Waals surface area (Å²) >= 11 is 0. The van der Waals surface area contributed by atoms with Crippen LogP contribution in [-0.2, 0) is 4.79 Å². The minimum atomic E-state index is -0.169. The topological polar surface area (TPSA) is 47.0 Å². The van der Waals surface area contributed by atoms with Crippen molar-refractivity contribution in [3.05, 3.63) is 30.3 Å². The third-order valence-electron chi connectivity index (χ3n) is 5.33. The lowest BCUT2D eigenvalue weighted by Gasteiger charge is -2.41. The van der Waals surface area contributed by atoms with E-state index in [1.54, 1.807) is 0 Å². The van der Waals surface area contributed by atoms with Crippen molar-refractivity contribution in [1.82, 2.24) is 9.80 Å². The molecule has 0 aromatic heterocycles. The van der Waals surface area contributed by atoms with E-state index in [1.165, 1.54) is 0 Å². The van der Waals surface area contributed by atoms with Gasteiger partial charge in [0.05, 0.1) is 12.6 Å². The summed E-state index contributed by atoms with van der Waals surface area (Å²) in [5, 5.41) is 9.85. The molecule has 2 fully saturated rings. The molecule has 2 heterocycles. The predicted molar refractivity (Wildman–Crippen MR) is 96.1 cm³/mol. The first-order valence-electron chi connectivity index (χ1n) is 9.09. The first-order chi connectivity index (χ1) is 11.6. The molecule has 5 nitrogen and oxygen atoms in total. The maximum absolute atomic E-state index is 12.5. The molecule has 0 unspecified atom stereocenters. The standard InChI is InChI=1S/C19H29N3O2/c1-20(16-6-3-2-4-7-16)15-19(24)21-12-9-17(10-13-21)22-11-5-8-18(23)14-22/h2-4,6-7,17-18,23H,5,8-15H2,1H3/t18-/m1/s1. The zero-order valence-electron chi connectivity index (χ0n) is 14.6. The summed E-state index contributed by atoms with van der Waals surface area (Å²) in [5.41, 5.74) is 1.07. The quantitative estimate of drug-likeness (QED) is 0.910. The average molecular weight is 331 g/mol. The van der Waals surface area contributed by atoms with Gasteiger partial charge in [0.25, 0.3) is 0 Å². The number of para-hydroxylation sites is 1. The Labute approximate surface area is 144 Å². The number of aliphatic hydroxyl groups is 1. The lowest BCUT2D eigenvalue weighted by molar-refractivity contribution is -0.131. The number of hydrogen-bond acceptors (Lipinski definition) is 4. The average Bonchev–Trinajstić information content (AvgIpc) is 2.62. The maximum Gasteiger partial charge on any atom is 0.242 e. The number of anilines is 1. The molecular formula is C19H29N3O2. The molecule has 2 saturated heterocycles. The smallest absolute Gasteiger partial charge is 0.242 e. The molecule has 1 N–H and O–H groups in total. The van der Waals surface area contributed by atoms with Crippen LogP contribution in [0.3, 0.4) is 0 Å². The van der Waals surface area contributed by atoms with Crippen LogP contribution in [0.2, 0.25) is 0 Å². The number of amides is 1. The number of hydrogen-bond donors (Lipinski definition) is 1. The number of piperidine rings is 2. The van der Waals surface area contributed by atoms with E-state index >= 15 is 0 Å². The van der Waals surface area contributed by atoms with Gasteiger partial charge in [-0.2, -0.15) is 0 Å². The van der Waals surface area contributed by atoms with Gasteiger partial charge in [0, 0.05) is 38.4 Å². The van der Waals surface area contributed by atoms with Crippen molar-refractivity contribution >= 4 is 11.6 Å². The summed E-state index contributed by atoms with van der Waals surface area (Å²) in [6.45, 7) is 3.98. The Morgan fingerprint density at radius 2 is 1.88 bits per heavy atom. The largest absolute Gasteiger partial charge is 0.392 e. The van der Waals surface area contributed by atoms with Gasteiger partial charge in [0.1, 0.15) is 0 Å². The highest BCUT2D eigenvalue weighted by molar-refractivity contribution is 5.81. The van der Waals surface area contributed by atoms with Crippen LogP contribution in [0, 0.1) is 0 Å². The minimum absolute atomic E-state index is 0.169. The Morgan fingerprint density at radius 1 is 1.17 bits per heavy atom. The van der Waals surface area contributed by atoms with E-state index in [4.69, 9.17) is 0 Å². The zero-order chi connectivity index (χ0) is 16.9. The van der Waals surface area contributed by atoms with Crippen molar-refractivity contribution in [2.24, 2.45) is 0 Å². The second kappa shape index (κ2) is 7.99. The first kappa shape index (κ1) is 17.2. The molecule has 1 atom stereocenters. The van der Waals surface area contributed by atoms with Crippen LogP contribution in [0.5, 0.6) is 0 Å². The lowest BCUT2D eigenvalue weighted by Crippen LogP contribution is -2.51. The predicted octanol–water partition coefficient (Wildman–Crippen LogP) is 1.57. The van der Waals surface area contributed by atoms with Crippen LogP contribution in [0.4, 0.5) is 5.69 Å². The number of likely N-dealkylation sites (tertiary alicyclic amines) is 2. The fourth-order valence-corrected chi connectivity index (χ4v) is 3.87. The van der Waals surface area contributed by atoms with Gasteiger partial charge in [-0.15, -0.1) is 0 Å². The van der Waals surface area contributed by atoms with Gasteiger partial charge >= 0.3 is 0 Å². The van der Waals surface area contributed by atoms with E-state index in [2.05, 4.69) is 4.90 Å². The van der Waals surface area contributed by atoms with Crippen LogP contribution in [0.15, 0.2) is 30.3 Å². The Kier molecular flexibility index (Phi) is 5.74. The van der Waals surface area contributed by atoms with Gasteiger partial charge in [-0.25, -0.2) is 0 Å². The first-order valence-corrected chi connectivity index (χ1v) is 9.09. The van der Waals surface area contributed by atoms with Crippen molar-refractivity contribution in [3.8, 4) is 0 Å². The third kappa shape index (κ3) is 4.28. The van der Waals surface area contributed by atoms with Crippen LogP contribution in [0.1, 0.15) is 25.7 Å². The van der Waals surface area contributed by atoms with Gasteiger partial charge in [-0.3, -0.25) is 9.69 Å². The van der Waals surface area contributed by atoms with Crippen molar-refractivity contribution in [1.29, 1.82) is 0 Å². The SMILES string of the molecule is CN(CC(=O)N1CCC(N2CCC[C@@H](O)C2)CC1)c1ccccc1. The van der Waals surface area contributed by atoms with Crippen molar-refractivity contribution in [3.63, 3.8) is 0 Å². The van der Waals surface area contributed by atoms with E-state index in [9.17, 15) is 9.90 Å². The van der Waals surface area contributed by atoms with Gasteiger partial charge in [-0.05, 0) is 44.4 Å². The fourth-order valence-electron chi connectivity index (χ4n) is 3.87. The van der Waals surface area contributed by atoms with E-state index in [-0.39, 0.29) is 12.0 Å². The van der Waals surface area contributed by atoms with E-state index in [0.29, 0.717) is 12.6 Å². The molecule has 0 radical (unpaired) electrons. The molecule has 0 bridgehead atoms. The van der Waals surface area contributed by atoms with Crippen LogP contribution >= 0.6 is 0 Å². The van der Waals surface area contributed by atoms with Gasteiger partial charge in [-0.1, -0.05) is 18.2 Å². The number of β-amino-alcohol motifs (C(OH)–C–C–N with tert-alkyl or cyclic N) is 1. The summed E-state index contributed by atoms with van der Waals surface area (Å²) in [6.07, 6.45) is 3.89. The number of rotatable bonds is 4. The second-order valence-electron chi connectivity index (χ2n) is 7.09. The Bertz CT molecular complexity index is 529. The van der Waals surface area contributed by atoms with Gasteiger partial charge < -0.3 is 14.9 Å². The van der Waals surface area contributed by atoms with E-state index in [1.807, 2.05) is 47.2 Å². The van der Waals surface area contributed by atoms with Gasteiger partial charge in [0.15, 0.2) is 0 Å². The number of carbonyl (C=O) groups excluding carboxylic acids is 1. The number of benzene rings is 1. The summed E-state index contributed by atoms with van der Waals surface area (Å²) < 4.78 is 0. The molecule has 3 rings (SSSR count). The summed E-state index contributed by atoms with van der Waals surface area (Å²) in [4.78, 5) is 19.0. The molecule has 1 aromatic rings. The minimum Gasteiger partial charge on any atom is -0.392 e. The third-order valence-corrected chi connectivity index (χ3v) is 5.33. The number of carbonyl (C=O) groups is 1.